The number of halogens is 1. The van der Waals surface area contributed by atoms with E-state index in [1.54, 1.807) is 11.7 Å². The van der Waals surface area contributed by atoms with E-state index in [1.165, 1.54) is 0 Å². The molecule has 1 aromatic rings. The fraction of sp³-hybridized carbons (Fsp3) is 0.692. The number of aliphatic hydroxyl groups is 1. The number of rotatable bonds is 3. The molecule has 0 radical (unpaired) electrons. The van der Waals surface area contributed by atoms with E-state index >= 15 is 0 Å². The molecule has 0 aliphatic carbocycles. The normalized spacial score (nSPS) is 16.9. The Labute approximate surface area is 118 Å². The molecule has 19 heavy (non-hydrogen) atoms. The summed E-state index contributed by atoms with van der Waals surface area (Å²) in [5.41, 5.74) is 1.63. The smallest absolute Gasteiger partial charge is 0.227 e. The Morgan fingerprint density at radius 3 is 2.58 bits per heavy atom. The van der Waals surface area contributed by atoms with Crippen LogP contribution in [0, 0.1) is 12.8 Å². The van der Waals surface area contributed by atoms with E-state index in [2.05, 4.69) is 5.10 Å². The molecular weight excluding hydrogens is 266 g/mol. The van der Waals surface area contributed by atoms with E-state index in [-0.39, 0.29) is 12.5 Å². The summed E-state index contributed by atoms with van der Waals surface area (Å²) in [6, 6.07) is 0. The molecule has 1 aliphatic rings. The quantitative estimate of drug-likeness (QED) is 0.906. The Morgan fingerprint density at radius 1 is 1.47 bits per heavy atom. The van der Waals surface area contributed by atoms with E-state index in [0.29, 0.717) is 17.5 Å². The number of hydrogen-bond acceptors (Lipinski definition) is 3. The van der Waals surface area contributed by atoms with Crippen molar-refractivity contribution in [2.24, 2.45) is 13.0 Å². The summed E-state index contributed by atoms with van der Waals surface area (Å²) in [5, 5.41) is 13.8. The van der Waals surface area contributed by atoms with E-state index in [4.69, 9.17) is 16.7 Å². The maximum absolute atomic E-state index is 12.2. The molecule has 1 aromatic heterocycles. The largest absolute Gasteiger partial charge is 0.396 e. The lowest BCUT2D eigenvalue weighted by molar-refractivity contribution is -0.132. The molecule has 0 unspecified atom stereocenters. The van der Waals surface area contributed by atoms with Gasteiger partial charge in [0.2, 0.25) is 5.91 Å². The fourth-order valence-electron chi connectivity index (χ4n) is 2.50. The second-order valence-corrected chi connectivity index (χ2v) is 5.52. The molecule has 1 N–H and O–H groups in total. The summed E-state index contributed by atoms with van der Waals surface area (Å²) in [6.45, 7) is 3.53. The Bertz CT molecular complexity index is 465. The van der Waals surface area contributed by atoms with Gasteiger partial charge in [0, 0.05) is 32.3 Å². The Kier molecular flexibility index (Phi) is 4.47. The molecule has 0 aromatic carbocycles. The van der Waals surface area contributed by atoms with Gasteiger partial charge in [0.25, 0.3) is 0 Å². The number of carbonyl (C=O) groups is 1. The van der Waals surface area contributed by atoms with E-state index in [9.17, 15) is 4.79 Å². The average molecular weight is 286 g/mol. The number of amides is 1. The van der Waals surface area contributed by atoms with Crippen LogP contribution in [-0.4, -0.2) is 45.4 Å². The minimum atomic E-state index is 0.0920. The van der Waals surface area contributed by atoms with Crippen LogP contribution in [0.3, 0.4) is 0 Å². The summed E-state index contributed by atoms with van der Waals surface area (Å²) >= 11 is 6.14. The van der Waals surface area contributed by atoms with Gasteiger partial charge in [0.15, 0.2) is 0 Å². The van der Waals surface area contributed by atoms with Crippen LogP contribution < -0.4 is 0 Å². The van der Waals surface area contributed by atoms with Gasteiger partial charge in [-0.2, -0.15) is 5.10 Å². The van der Waals surface area contributed by atoms with Gasteiger partial charge in [-0.3, -0.25) is 9.48 Å². The maximum Gasteiger partial charge on any atom is 0.227 e. The van der Waals surface area contributed by atoms with Crippen LogP contribution in [0.25, 0.3) is 0 Å². The third-order valence-electron chi connectivity index (χ3n) is 3.82. The molecular formula is C13H20ClN3O2. The van der Waals surface area contributed by atoms with Gasteiger partial charge < -0.3 is 10.0 Å². The van der Waals surface area contributed by atoms with E-state index < -0.39 is 0 Å². The first-order valence-corrected chi connectivity index (χ1v) is 6.97. The van der Waals surface area contributed by atoms with Crippen molar-refractivity contribution in [1.82, 2.24) is 14.7 Å². The zero-order chi connectivity index (χ0) is 14.0. The third kappa shape index (κ3) is 3.09. The number of carbonyl (C=O) groups excluding carboxylic acids is 1. The van der Waals surface area contributed by atoms with Gasteiger partial charge in [0.05, 0.1) is 12.1 Å². The standard InChI is InChI=1S/C13H20ClN3O2/c1-9-11(13(14)16(2)15-9)7-12(19)17-5-3-10(8-18)4-6-17/h10,18H,3-8H2,1-2H3. The van der Waals surface area contributed by atoms with Crippen LogP contribution in [0.4, 0.5) is 0 Å². The zero-order valence-electron chi connectivity index (χ0n) is 11.4. The van der Waals surface area contributed by atoms with Crippen molar-refractivity contribution in [2.75, 3.05) is 19.7 Å². The monoisotopic (exact) mass is 285 g/mol. The van der Waals surface area contributed by atoms with Crippen LogP contribution in [-0.2, 0) is 18.3 Å². The number of aliphatic hydroxyl groups excluding tert-OH is 1. The van der Waals surface area contributed by atoms with Gasteiger partial charge in [-0.25, -0.2) is 0 Å². The molecule has 5 nitrogen and oxygen atoms in total. The third-order valence-corrected chi connectivity index (χ3v) is 4.30. The first kappa shape index (κ1) is 14.3. The predicted molar refractivity (Wildman–Crippen MR) is 73.0 cm³/mol. The number of likely N-dealkylation sites (tertiary alicyclic amines) is 1. The van der Waals surface area contributed by atoms with Crippen molar-refractivity contribution in [2.45, 2.75) is 26.2 Å². The number of hydrogen-bond donors (Lipinski definition) is 1. The lowest BCUT2D eigenvalue weighted by Gasteiger charge is -2.31. The van der Waals surface area contributed by atoms with Gasteiger partial charge in [-0.05, 0) is 25.7 Å². The molecule has 1 amide bonds. The maximum atomic E-state index is 12.2. The van der Waals surface area contributed by atoms with Crippen LogP contribution in [0.15, 0.2) is 0 Å². The molecule has 0 saturated carbocycles. The topological polar surface area (TPSA) is 58.4 Å². The highest BCUT2D eigenvalue weighted by Crippen LogP contribution is 2.22. The SMILES string of the molecule is Cc1nn(C)c(Cl)c1CC(=O)N1CCC(CO)CC1. The van der Waals surface area contributed by atoms with Crippen LogP contribution in [0.2, 0.25) is 5.15 Å². The molecule has 0 spiro atoms. The van der Waals surface area contributed by atoms with Gasteiger partial charge >= 0.3 is 0 Å². The predicted octanol–water partition coefficient (Wildman–Crippen LogP) is 1.16. The Balaban J connectivity index is 1.98. The molecule has 0 bridgehead atoms. The van der Waals surface area contributed by atoms with Crippen LogP contribution >= 0.6 is 11.6 Å². The molecule has 2 rings (SSSR count). The van der Waals surface area contributed by atoms with Crippen molar-refractivity contribution in [3.63, 3.8) is 0 Å². The number of aryl methyl sites for hydroxylation is 2. The second-order valence-electron chi connectivity index (χ2n) is 5.16. The lowest BCUT2D eigenvalue weighted by Crippen LogP contribution is -2.40. The molecule has 6 heteroatoms. The van der Waals surface area contributed by atoms with Crippen LogP contribution in [0.1, 0.15) is 24.1 Å². The zero-order valence-corrected chi connectivity index (χ0v) is 12.2. The molecule has 1 saturated heterocycles. The van der Waals surface area contributed by atoms with Gasteiger partial charge in [0.1, 0.15) is 5.15 Å². The van der Waals surface area contributed by atoms with E-state index in [1.807, 2.05) is 11.8 Å². The van der Waals surface area contributed by atoms with Crippen molar-refractivity contribution in [3.8, 4) is 0 Å². The second kappa shape index (κ2) is 5.92. The molecule has 2 heterocycles. The summed E-state index contributed by atoms with van der Waals surface area (Å²) in [6.07, 6.45) is 2.06. The summed E-state index contributed by atoms with van der Waals surface area (Å²) in [4.78, 5) is 14.1. The van der Waals surface area contributed by atoms with Crippen molar-refractivity contribution in [3.05, 3.63) is 16.4 Å². The highest BCUT2D eigenvalue weighted by atomic mass is 35.5. The van der Waals surface area contributed by atoms with E-state index in [0.717, 1.165) is 37.2 Å². The Hall–Kier alpha value is -1.07. The first-order valence-electron chi connectivity index (χ1n) is 6.59. The lowest BCUT2D eigenvalue weighted by atomic mass is 9.97. The molecule has 1 fully saturated rings. The number of nitrogens with zero attached hydrogens (tertiary/aromatic N) is 3. The highest BCUT2D eigenvalue weighted by molar-refractivity contribution is 6.30. The average Bonchev–Trinajstić information content (AvgIpc) is 2.65. The number of aromatic nitrogens is 2. The van der Waals surface area contributed by atoms with Crippen molar-refractivity contribution < 1.29 is 9.90 Å². The molecule has 1 aliphatic heterocycles. The summed E-state index contributed by atoms with van der Waals surface area (Å²) < 4.78 is 1.59. The molecule has 106 valence electrons. The minimum absolute atomic E-state index is 0.0920. The molecule has 0 atom stereocenters. The fourth-order valence-corrected chi connectivity index (χ4v) is 2.74. The van der Waals surface area contributed by atoms with Gasteiger partial charge in [-0.15, -0.1) is 0 Å². The van der Waals surface area contributed by atoms with Gasteiger partial charge in [-0.1, -0.05) is 11.6 Å². The highest BCUT2D eigenvalue weighted by Gasteiger charge is 2.24. The first-order chi connectivity index (χ1) is 9.02. The summed E-state index contributed by atoms with van der Waals surface area (Å²) in [7, 11) is 1.77. The van der Waals surface area contributed by atoms with Crippen LogP contribution in [0.5, 0.6) is 0 Å². The summed E-state index contributed by atoms with van der Waals surface area (Å²) in [5.74, 6) is 0.433. The minimum Gasteiger partial charge on any atom is -0.396 e. The van der Waals surface area contributed by atoms with Crippen molar-refractivity contribution in [1.29, 1.82) is 0 Å². The Morgan fingerprint density at radius 2 is 2.11 bits per heavy atom. The van der Waals surface area contributed by atoms with Crippen molar-refractivity contribution >= 4 is 17.5 Å². The number of piperidine rings is 1.